The van der Waals surface area contributed by atoms with Crippen molar-refractivity contribution in [3.05, 3.63) is 12.2 Å². The topological polar surface area (TPSA) is 44.8 Å². The molecule has 0 aromatic rings. The van der Waals surface area contributed by atoms with Crippen molar-refractivity contribution >= 4 is 5.97 Å². The van der Waals surface area contributed by atoms with Crippen molar-refractivity contribution in [1.82, 2.24) is 0 Å². The molecule has 1 aliphatic rings. The summed E-state index contributed by atoms with van der Waals surface area (Å²) >= 11 is 0. The fraction of sp³-hybridized carbons (Fsp3) is 0.769. The van der Waals surface area contributed by atoms with Crippen LogP contribution in [0.2, 0.25) is 0 Å². The number of carbonyl (C=O) groups excluding carboxylic acids is 1. The molecule has 1 unspecified atom stereocenters. The molecule has 1 fully saturated rings. The molecule has 0 radical (unpaired) electrons. The lowest BCUT2D eigenvalue weighted by Crippen LogP contribution is -2.27. The lowest BCUT2D eigenvalue weighted by molar-refractivity contribution is -0.178. The van der Waals surface area contributed by atoms with Gasteiger partial charge in [-0.05, 0) is 38.7 Å². The third kappa shape index (κ3) is 5.33. The molecule has 0 saturated carbocycles. The Morgan fingerprint density at radius 2 is 2.29 bits per heavy atom. The van der Waals surface area contributed by atoms with Gasteiger partial charge in [0.15, 0.2) is 6.29 Å². The smallest absolute Gasteiger partial charge is 0.309 e. The van der Waals surface area contributed by atoms with Crippen LogP contribution in [0.15, 0.2) is 12.2 Å². The van der Waals surface area contributed by atoms with E-state index >= 15 is 0 Å². The fourth-order valence-corrected chi connectivity index (χ4v) is 1.68. The highest BCUT2D eigenvalue weighted by atomic mass is 16.7. The Labute approximate surface area is 103 Å². The van der Waals surface area contributed by atoms with Gasteiger partial charge in [0.25, 0.3) is 0 Å². The van der Waals surface area contributed by atoms with Gasteiger partial charge < -0.3 is 14.2 Å². The zero-order valence-corrected chi connectivity index (χ0v) is 10.7. The number of esters is 1. The van der Waals surface area contributed by atoms with Gasteiger partial charge in [0.05, 0.1) is 19.1 Å². The van der Waals surface area contributed by atoms with Crippen LogP contribution in [0.25, 0.3) is 0 Å². The number of rotatable bonds is 6. The summed E-state index contributed by atoms with van der Waals surface area (Å²) in [6.45, 7) is 8.69. The van der Waals surface area contributed by atoms with Gasteiger partial charge in [0, 0.05) is 6.61 Å². The Kier molecular flexibility index (Phi) is 6.22. The van der Waals surface area contributed by atoms with Gasteiger partial charge in [-0.1, -0.05) is 6.58 Å². The van der Waals surface area contributed by atoms with Crippen LogP contribution >= 0.6 is 0 Å². The van der Waals surface area contributed by atoms with E-state index in [0.29, 0.717) is 6.61 Å². The zero-order valence-electron chi connectivity index (χ0n) is 10.7. The average molecular weight is 242 g/mol. The minimum Gasteiger partial charge on any atom is -0.466 e. The molecule has 0 N–H and O–H groups in total. The Morgan fingerprint density at radius 1 is 1.53 bits per heavy atom. The van der Waals surface area contributed by atoms with E-state index in [9.17, 15) is 4.79 Å². The molecule has 98 valence electrons. The Morgan fingerprint density at radius 3 is 2.88 bits per heavy atom. The van der Waals surface area contributed by atoms with Crippen molar-refractivity contribution < 1.29 is 19.0 Å². The van der Waals surface area contributed by atoms with Crippen LogP contribution in [-0.2, 0) is 19.0 Å². The Bertz CT molecular complexity index is 256. The SMILES string of the molecule is C=C(CC(=O)OCC)[C@H](C)OC1CCCCO1. The van der Waals surface area contributed by atoms with Crippen molar-refractivity contribution in [3.8, 4) is 0 Å². The summed E-state index contributed by atoms with van der Waals surface area (Å²) in [4.78, 5) is 11.3. The predicted octanol–water partition coefficient (Wildman–Crippen LogP) is 2.43. The lowest BCUT2D eigenvalue weighted by Gasteiger charge is -2.26. The summed E-state index contributed by atoms with van der Waals surface area (Å²) < 4.78 is 16.0. The minimum atomic E-state index is -0.252. The van der Waals surface area contributed by atoms with Crippen molar-refractivity contribution in [2.75, 3.05) is 13.2 Å². The number of carbonyl (C=O) groups is 1. The number of hydrogen-bond donors (Lipinski definition) is 0. The molecule has 2 atom stereocenters. The van der Waals surface area contributed by atoms with Gasteiger partial charge in [-0.2, -0.15) is 0 Å². The van der Waals surface area contributed by atoms with Gasteiger partial charge in [-0.15, -0.1) is 0 Å². The molecule has 0 amide bonds. The fourth-order valence-electron chi connectivity index (χ4n) is 1.68. The highest BCUT2D eigenvalue weighted by Crippen LogP contribution is 2.19. The molecule has 17 heavy (non-hydrogen) atoms. The van der Waals surface area contributed by atoms with Gasteiger partial charge >= 0.3 is 5.97 Å². The Hall–Kier alpha value is -0.870. The summed E-state index contributed by atoms with van der Waals surface area (Å²) in [5, 5.41) is 0. The van der Waals surface area contributed by atoms with Crippen molar-refractivity contribution in [2.45, 2.75) is 51.9 Å². The van der Waals surface area contributed by atoms with Crippen LogP contribution in [0, 0.1) is 0 Å². The first kappa shape index (κ1) is 14.2. The normalized spacial score (nSPS) is 21.9. The summed E-state index contributed by atoms with van der Waals surface area (Å²) in [7, 11) is 0. The van der Waals surface area contributed by atoms with E-state index in [-0.39, 0.29) is 24.8 Å². The maximum Gasteiger partial charge on any atom is 0.309 e. The maximum atomic E-state index is 11.3. The molecule has 0 bridgehead atoms. The molecular weight excluding hydrogens is 220 g/mol. The molecule has 0 spiro atoms. The van der Waals surface area contributed by atoms with E-state index in [0.717, 1.165) is 31.4 Å². The molecule has 0 aliphatic carbocycles. The van der Waals surface area contributed by atoms with Crippen molar-refractivity contribution in [1.29, 1.82) is 0 Å². The van der Waals surface area contributed by atoms with E-state index in [1.165, 1.54) is 0 Å². The summed E-state index contributed by atoms with van der Waals surface area (Å²) in [5.74, 6) is -0.252. The third-order valence-corrected chi connectivity index (χ3v) is 2.75. The largest absolute Gasteiger partial charge is 0.466 e. The molecule has 1 rings (SSSR count). The summed E-state index contributed by atoms with van der Waals surface area (Å²) in [6.07, 6.45) is 3.01. The van der Waals surface area contributed by atoms with Gasteiger partial charge in [0.2, 0.25) is 0 Å². The quantitative estimate of drug-likeness (QED) is 0.530. The number of ether oxygens (including phenoxy) is 3. The van der Waals surface area contributed by atoms with Crippen LogP contribution in [0.4, 0.5) is 0 Å². The van der Waals surface area contributed by atoms with Gasteiger partial charge in [-0.25, -0.2) is 0 Å². The third-order valence-electron chi connectivity index (χ3n) is 2.75. The van der Waals surface area contributed by atoms with E-state index < -0.39 is 0 Å². The monoisotopic (exact) mass is 242 g/mol. The van der Waals surface area contributed by atoms with Gasteiger partial charge in [-0.3, -0.25) is 4.79 Å². The second-order valence-electron chi connectivity index (χ2n) is 4.21. The Balaban J connectivity index is 2.28. The van der Waals surface area contributed by atoms with Crippen molar-refractivity contribution in [3.63, 3.8) is 0 Å². The molecule has 4 heteroatoms. The van der Waals surface area contributed by atoms with E-state index in [1.807, 2.05) is 6.92 Å². The maximum absolute atomic E-state index is 11.3. The summed E-state index contributed by atoms with van der Waals surface area (Å²) in [6, 6.07) is 0. The highest BCUT2D eigenvalue weighted by molar-refractivity contribution is 5.72. The minimum absolute atomic E-state index is 0.155. The van der Waals surface area contributed by atoms with Crippen LogP contribution in [0.3, 0.4) is 0 Å². The second kappa shape index (κ2) is 7.45. The molecule has 4 nitrogen and oxygen atoms in total. The number of hydrogen-bond acceptors (Lipinski definition) is 4. The molecular formula is C13H22O4. The van der Waals surface area contributed by atoms with E-state index in [4.69, 9.17) is 14.2 Å². The standard InChI is InChI=1S/C13H22O4/c1-4-15-12(14)9-10(2)11(3)17-13-7-5-6-8-16-13/h11,13H,2,4-9H2,1,3H3/t11-,13?/m0/s1. The average Bonchev–Trinajstić information content (AvgIpc) is 2.30. The first-order valence-electron chi connectivity index (χ1n) is 6.23. The molecule has 1 heterocycles. The van der Waals surface area contributed by atoms with Crippen LogP contribution in [0.5, 0.6) is 0 Å². The predicted molar refractivity (Wildman–Crippen MR) is 64.5 cm³/mol. The van der Waals surface area contributed by atoms with Crippen LogP contribution in [-0.4, -0.2) is 31.6 Å². The zero-order chi connectivity index (χ0) is 12.7. The van der Waals surface area contributed by atoms with E-state index in [2.05, 4.69) is 6.58 Å². The molecule has 0 aromatic heterocycles. The second-order valence-corrected chi connectivity index (χ2v) is 4.21. The molecule has 1 aliphatic heterocycles. The lowest BCUT2D eigenvalue weighted by atomic mass is 10.1. The molecule has 0 aromatic carbocycles. The van der Waals surface area contributed by atoms with Gasteiger partial charge in [0.1, 0.15) is 0 Å². The van der Waals surface area contributed by atoms with Crippen molar-refractivity contribution in [2.24, 2.45) is 0 Å². The van der Waals surface area contributed by atoms with Crippen LogP contribution < -0.4 is 0 Å². The molecule has 1 saturated heterocycles. The summed E-state index contributed by atoms with van der Waals surface area (Å²) in [5.41, 5.74) is 0.734. The first-order chi connectivity index (χ1) is 8.13. The highest BCUT2D eigenvalue weighted by Gasteiger charge is 2.20. The first-order valence-corrected chi connectivity index (χ1v) is 6.23. The van der Waals surface area contributed by atoms with Crippen LogP contribution in [0.1, 0.15) is 39.5 Å². The van der Waals surface area contributed by atoms with E-state index in [1.54, 1.807) is 6.92 Å².